The van der Waals surface area contributed by atoms with Crippen LogP contribution in [0.25, 0.3) is 0 Å². The first-order chi connectivity index (χ1) is 8.24. The maximum Gasteiger partial charge on any atom is 0.0628 e. The second-order valence-electron chi connectivity index (χ2n) is 5.89. The Balaban J connectivity index is 1.95. The van der Waals surface area contributed by atoms with Crippen molar-refractivity contribution < 1.29 is 0 Å². The monoisotopic (exact) mass is 235 g/mol. The molecule has 96 valence electrons. The average molecular weight is 235 g/mol. The summed E-state index contributed by atoms with van der Waals surface area (Å²) in [6, 6.07) is 3.05. The second-order valence-corrected chi connectivity index (χ2v) is 5.89. The summed E-state index contributed by atoms with van der Waals surface area (Å²) in [6.07, 6.45) is 7.16. The fraction of sp³-hybridized carbons (Fsp3) is 0.929. The molecule has 0 aliphatic heterocycles. The Kier molecular flexibility index (Phi) is 4.06. The van der Waals surface area contributed by atoms with Crippen LogP contribution in [0.15, 0.2) is 0 Å². The molecule has 0 spiro atoms. The molecule has 2 aliphatic carbocycles. The van der Waals surface area contributed by atoms with Gasteiger partial charge < -0.3 is 5.73 Å². The van der Waals surface area contributed by atoms with E-state index in [9.17, 15) is 0 Å². The van der Waals surface area contributed by atoms with Crippen molar-refractivity contribution in [3.63, 3.8) is 0 Å². The molecule has 2 aliphatic rings. The van der Waals surface area contributed by atoms with Crippen LogP contribution in [0.5, 0.6) is 0 Å². The highest BCUT2D eigenvalue weighted by molar-refractivity contribution is 5.02. The largest absolute Gasteiger partial charge is 0.330 e. The Bertz CT molecular complexity index is 290. The van der Waals surface area contributed by atoms with Crippen molar-refractivity contribution in [3.8, 4) is 6.07 Å². The van der Waals surface area contributed by atoms with Crippen LogP contribution in [0.3, 0.4) is 0 Å². The van der Waals surface area contributed by atoms with Gasteiger partial charge >= 0.3 is 0 Å². The van der Waals surface area contributed by atoms with Crippen molar-refractivity contribution >= 4 is 0 Å². The van der Waals surface area contributed by atoms with Crippen molar-refractivity contribution in [2.75, 3.05) is 19.6 Å². The number of nitrogens with zero attached hydrogens (tertiary/aromatic N) is 2. The lowest BCUT2D eigenvalue weighted by atomic mass is 9.97. The molecule has 0 aromatic rings. The SMILES string of the molecule is CCN(CC1(CC#N)CC1)C1CCCC1CN. The fourth-order valence-corrected chi connectivity index (χ4v) is 3.40. The number of rotatable bonds is 6. The summed E-state index contributed by atoms with van der Waals surface area (Å²) < 4.78 is 0. The average Bonchev–Trinajstić information content (AvgIpc) is 2.93. The van der Waals surface area contributed by atoms with Gasteiger partial charge in [0, 0.05) is 19.0 Å². The maximum atomic E-state index is 8.90. The number of nitriles is 1. The zero-order valence-electron chi connectivity index (χ0n) is 11.0. The van der Waals surface area contributed by atoms with Gasteiger partial charge in [-0.25, -0.2) is 0 Å². The zero-order valence-corrected chi connectivity index (χ0v) is 11.0. The van der Waals surface area contributed by atoms with Gasteiger partial charge in [0.25, 0.3) is 0 Å². The summed E-state index contributed by atoms with van der Waals surface area (Å²) in [4.78, 5) is 2.61. The lowest BCUT2D eigenvalue weighted by Gasteiger charge is -2.34. The van der Waals surface area contributed by atoms with E-state index in [4.69, 9.17) is 11.0 Å². The van der Waals surface area contributed by atoms with Crippen LogP contribution in [0.1, 0.15) is 45.4 Å². The lowest BCUT2D eigenvalue weighted by molar-refractivity contribution is 0.138. The summed E-state index contributed by atoms with van der Waals surface area (Å²) in [5, 5.41) is 8.90. The van der Waals surface area contributed by atoms with E-state index in [1.807, 2.05) is 0 Å². The number of nitrogens with two attached hydrogens (primary N) is 1. The summed E-state index contributed by atoms with van der Waals surface area (Å²) in [5.74, 6) is 0.688. The molecule has 0 amide bonds. The standard InChI is InChI=1S/C14H25N3/c1-2-17(11-14(6-7-14)8-9-15)13-5-3-4-12(13)10-16/h12-13H,2-8,10-11,16H2,1H3. The molecule has 17 heavy (non-hydrogen) atoms. The van der Waals surface area contributed by atoms with Crippen LogP contribution in [-0.2, 0) is 0 Å². The molecule has 2 atom stereocenters. The van der Waals surface area contributed by atoms with Crippen LogP contribution >= 0.6 is 0 Å². The van der Waals surface area contributed by atoms with E-state index >= 15 is 0 Å². The first-order valence-corrected chi connectivity index (χ1v) is 7.06. The first kappa shape index (κ1) is 12.9. The minimum atomic E-state index is 0.340. The van der Waals surface area contributed by atoms with Crippen LogP contribution in [0.4, 0.5) is 0 Å². The van der Waals surface area contributed by atoms with E-state index in [0.29, 0.717) is 17.4 Å². The van der Waals surface area contributed by atoms with E-state index in [0.717, 1.165) is 26.1 Å². The first-order valence-electron chi connectivity index (χ1n) is 7.06. The summed E-state index contributed by atoms with van der Waals surface area (Å²) in [6.45, 7) is 5.30. The Hall–Kier alpha value is -0.590. The van der Waals surface area contributed by atoms with E-state index in [2.05, 4.69) is 17.9 Å². The third kappa shape index (κ3) is 2.81. The lowest BCUT2D eigenvalue weighted by Crippen LogP contribution is -2.43. The Morgan fingerprint density at radius 2 is 2.18 bits per heavy atom. The summed E-state index contributed by atoms with van der Waals surface area (Å²) in [7, 11) is 0. The van der Waals surface area contributed by atoms with Crippen LogP contribution < -0.4 is 5.73 Å². The van der Waals surface area contributed by atoms with Crippen LogP contribution in [0, 0.1) is 22.7 Å². The third-order valence-corrected chi connectivity index (χ3v) is 4.75. The van der Waals surface area contributed by atoms with Gasteiger partial charge in [-0.3, -0.25) is 4.90 Å². The maximum absolute atomic E-state index is 8.90. The molecular weight excluding hydrogens is 210 g/mol. The topological polar surface area (TPSA) is 53.0 Å². The quantitative estimate of drug-likeness (QED) is 0.767. The van der Waals surface area contributed by atoms with Gasteiger partial charge in [0.2, 0.25) is 0 Å². The molecule has 0 heterocycles. The Morgan fingerprint density at radius 1 is 1.41 bits per heavy atom. The van der Waals surface area contributed by atoms with Gasteiger partial charge in [-0.2, -0.15) is 5.26 Å². The zero-order chi connectivity index (χ0) is 12.3. The van der Waals surface area contributed by atoms with E-state index < -0.39 is 0 Å². The highest BCUT2D eigenvalue weighted by Crippen LogP contribution is 2.50. The van der Waals surface area contributed by atoms with Crippen molar-refractivity contribution in [3.05, 3.63) is 0 Å². The van der Waals surface area contributed by atoms with Crippen LogP contribution in [0.2, 0.25) is 0 Å². The highest BCUT2D eigenvalue weighted by Gasteiger charge is 2.45. The molecule has 3 nitrogen and oxygen atoms in total. The van der Waals surface area contributed by atoms with Gasteiger partial charge in [-0.05, 0) is 50.1 Å². The van der Waals surface area contributed by atoms with E-state index in [1.54, 1.807) is 0 Å². The van der Waals surface area contributed by atoms with Crippen molar-refractivity contribution in [2.24, 2.45) is 17.1 Å². The predicted octanol–water partition coefficient (Wildman–Crippen LogP) is 2.13. The molecule has 2 N–H and O–H groups in total. The summed E-state index contributed by atoms with van der Waals surface area (Å²) in [5.41, 5.74) is 6.22. The minimum Gasteiger partial charge on any atom is -0.330 e. The predicted molar refractivity (Wildman–Crippen MR) is 69.3 cm³/mol. The van der Waals surface area contributed by atoms with Gasteiger partial charge in [0.15, 0.2) is 0 Å². The minimum absolute atomic E-state index is 0.340. The molecule has 2 fully saturated rings. The molecular formula is C14H25N3. The molecule has 0 aromatic carbocycles. The highest BCUT2D eigenvalue weighted by atomic mass is 15.2. The van der Waals surface area contributed by atoms with Gasteiger partial charge in [-0.15, -0.1) is 0 Å². The normalized spacial score (nSPS) is 30.5. The summed E-state index contributed by atoms with van der Waals surface area (Å²) >= 11 is 0. The van der Waals surface area contributed by atoms with Gasteiger partial charge in [0.05, 0.1) is 6.07 Å². The molecule has 0 radical (unpaired) electrons. The Labute approximate surface area is 105 Å². The number of hydrogen-bond donors (Lipinski definition) is 1. The molecule has 0 saturated heterocycles. The van der Waals surface area contributed by atoms with Crippen molar-refractivity contribution in [1.82, 2.24) is 4.90 Å². The number of hydrogen-bond acceptors (Lipinski definition) is 3. The Morgan fingerprint density at radius 3 is 2.71 bits per heavy atom. The molecule has 3 heteroatoms. The molecule has 2 rings (SSSR count). The molecule has 0 aromatic heterocycles. The van der Waals surface area contributed by atoms with Gasteiger partial charge in [-0.1, -0.05) is 13.3 Å². The molecule has 2 saturated carbocycles. The fourth-order valence-electron chi connectivity index (χ4n) is 3.40. The smallest absolute Gasteiger partial charge is 0.0628 e. The molecule has 2 unspecified atom stereocenters. The second kappa shape index (κ2) is 5.37. The van der Waals surface area contributed by atoms with Crippen molar-refractivity contribution in [1.29, 1.82) is 5.26 Å². The molecule has 0 bridgehead atoms. The third-order valence-electron chi connectivity index (χ3n) is 4.75. The van der Waals surface area contributed by atoms with E-state index in [-0.39, 0.29) is 0 Å². The van der Waals surface area contributed by atoms with E-state index in [1.165, 1.54) is 32.1 Å². The van der Waals surface area contributed by atoms with Gasteiger partial charge in [0.1, 0.15) is 0 Å². The van der Waals surface area contributed by atoms with Crippen molar-refractivity contribution in [2.45, 2.75) is 51.5 Å². The van der Waals surface area contributed by atoms with Crippen LogP contribution in [-0.4, -0.2) is 30.6 Å².